The van der Waals surface area contributed by atoms with Crippen LogP contribution in [0.2, 0.25) is 0 Å². The number of ketones is 1. The molecule has 0 saturated carbocycles. The van der Waals surface area contributed by atoms with Crippen LogP contribution in [0.25, 0.3) is 6.08 Å². The Labute approximate surface area is 133 Å². The van der Waals surface area contributed by atoms with Gasteiger partial charge >= 0.3 is 0 Å². The van der Waals surface area contributed by atoms with Crippen LogP contribution in [0.15, 0.2) is 42.0 Å². The van der Waals surface area contributed by atoms with E-state index < -0.39 is 0 Å². The number of Topliss-reactive ketones (excluding diaryl/α,β-unsaturated/α-hetero) is 1. The van der Waals surface area contributed by atoms with Crippen molar-refractivity contribution in [3.8, 4) is 23.0 Å². The van der Waals surface area contributed by atoms with Gasteiger partial charge in [-0.3, -0.25) is 4.79 Å². The number of carbonyl (C=O) groups is 1. The quantitative estimate of drug-likeness (QED) is 0.798. The van der Waals surface area contributed by atoms with Crippen LogP contribution in [0.3, 0.4) is 0 Å². The third kappa shape index (κ3) is 2.30. The topological polar surface area (TPSA) is 54.0 Å². The molecule has 0 bridgehead atoms. The van der Waals surface area contributed by atoms with E-state index in [0.29, 0.717) is 34.1 Å². The number of hydrogen-bond acceptors (Lipinski definition) is 5. The van der Waals surface area contributed by atoms with Crippen molar-refractivity contribution in [3.05, 3.63) is 53.1 Å². The molecule has 5 nitrogen and oxygen atoms in total. The number of carbonyl (C=O) groups excluding carboxylic acids is 1. The van der Waals surface area contributed by atoms with E-state index in [-0.39, 0.29) is 19.2 Å². The Morgan fingerprint density at radius 2 is 2.00 bits per heavy atom. The number of hydrogen-bond donors (Lipinski definition) is 0. The van der Waals surface area contributed by atoms with Crippen molar-refractivity contribution in [2.75, 3.05) is 20.5 Å². The van der Waals surface area contributed by atoms with Crippen LogP contribution < -0.4 is 18.9 Å². The molecule has 0 spiro atoms. The first kappa shape index (κ1) is 13.7. The molecule has 0 aliphatic carbocycles. The van der Waals surface area contributed by atoms with E-state index in [9.17, 15) is 4.79 Å². The summed E-state index contributed by atoms with van der Waals surface area (Å²) >= 11 is 0. The van der Waals surface area contributed by atoms with Crippen molar-refractivity contribution in [3.63, 3.8) is 0 Å². The molecular weight excluding hydrogens is 296 g/mol. The first-order valence-corrected chi connectivity index (χ1v) is 7.21. The van der Waals surface area contributed by atoms with Gasteiger partial charge in [-0.15, -0.1) is 0 Å². The van der Waals surface area contributed by atoms with E-state index in [1.807, 2.05) is 18.2 Å². The van der Waals surface area contributed by atoms with E-state index >= 15 is 0 Å². The summed E-state index contributed by atoms with van der Waals surface area (Å²) in [5.41, 5.74) is 1.87. The van der Waals surface area contributed by atoms with Gasteiger partial charge in [-0.25, -0.2) is 0 Å². The maximum Gasteiger partial charge on any atom is 0.231 e. The van der Waals surface area contributed by atoms with Crippen LogP contribution >= 0.6 is 0 Å². The average molecular weight is 310 g/mol. The van der Waals surface area contributed by atoms with Gasteiger partial charge in [0.2, 0.25) is 6.79 Å². The molecular formula is C18H14O5. The lowest BCUT2D eigenvalue weighted by molar-refractivity contribution is 0.100. The van der Waals surface area contributed by atoms with Crippen molar-refractivity contribution in [2.24, 2.45) is 0 Å². The van der Waals surface area contributed by atoms with Crippen LogP contribution in [-0.4, -0.2) is 26.3 Å². The first-order valence-electron chi connectivity index (χ1n) is 7.21. The van der Waals surface area contributed by atoms with Crippen LogP contribution in [-0.2, 0) is 0 Å². The molecule has 2 aromatic carbocycles. The number of methoxy groups -OCH3 is 1. The molecule has 2 heterocycles. The molecule has 4 rings (SSSR count). The molecule has 0 atom stereocenters. The predicted molar refractivity (Wildman–Crippen MR) is 83.4 cm³/mol. The Morgan fingerprint density at radius 1 is 1.09 bits per heavy atom. The summed E-state index contributed by atoms with van der Waals surface area (Å²) in [6.45, 7) is 0.419. The lowest BCUT2D eigenvalue weighted by Gasteiger charge is -2.19. The molecule has 0 radical (unpaired) electrons. The summed E-state index contributed by atoms with van der Waals surface area (Å²) in [5, 5.41) is 0. The summed E-state index contributed by atoms with van der Waals surface area (Å²) in [7, 11) is 1.57. The van der Waals surface area contributed by atoms with Gasteiger partial charge in [0, 0.05) is 11.1 Å². The van der Waals surface area contributed by atoms with Crippen LogP contribution in [0, 0.1) is 0 Å². The standard InChI is InChI=1S/C18H14O5/c1-20-13-5-6-15-14(8-13)17(19)12(9-21-15)7-11-3-2-4-16-18(11)23-10-22-16/h2-8H,9-10H2,1H3/b12-7-. The molecule has 0 fully saturated rings. The lowest BCUT2D eigenvalue weighted by Crippen LogP contribution is -2.19. The number of benzene rings is 2. The van der Waals surface area contributed by atoms with Crippen molar-refractivity contribution in [1.82, 2.24) is 0 Å². The van der Waals surface area contributed by atoms with Gasteiger partial charge in [-0.2, -0.15) is 0 Å². The molecule has 0 saturated heterocycles. The minimum Gasteiger partial charge on any atom is -0.497 e. The number of ether oxygens (including phenoxy) is 4. The minimum atomic E-state index is -0.0679. The number of fused-ring (bicyclic) bond motifs is 2. The monoisotopic (exact) mass is 310 g/mol. The summed E-state index contributed by atoms with van der Waals surface area (Å²) in [6, 6.07) is 10.8. The molecule has 0 N–H and O–H groups in total. The molecule has 2 aromatic rings. The van der Waals surface area contributed by atoms with Crippen molar-refractivity contribution in [2.45, 2.75) is 0 Å². The number of para-hydroxylation sites is 1. The molecule has 2 aliphatic rings. The Balaban J connectivity index is 1.74. The molecule has 2 aliphatic heterocycles. The van der Waals surface area contributed by atoms with E-state index in [4.69, 9.17) is 18.9 Å². The SMILES string of the molecule is COc1ccc2c(c1)C(=O)/C(=C\c1cccc3c1OCO3)CO2. The van der Waals surface area contributed by atoms with Gasteiger partial charge in [-0.1, -0.05) is 12.1 Å². The molecule has 23 heavy (non-hydrogen) atoms. The highest BCUT2D eigenvalue weighted by atomic mass is 16.7. The van der Waals surface area contributed by atoms with Crippen molar-refractivity contribution >= 4 is 11.9 Å². The van der Waals surface area contributed by atoms with Crippen LogP contribution in [0.4, 0.5) is 0 Å². The Bertz CT molecular complexity index is 822. The first-order chi connectivity index (χ1) is 11.3. The van der Waals surface area contributed by atoms with E-state index in [1.54, 1.807) is 31.4 Å². The smallest absolute Gasteiger partial charge is 0.231 e. The van der Waals surface area contributed by atoms with Gasteiger partial charge in [-0.05, 0) is 30.3 Å². The van der Waals surface area contributed by atoms with E-state index in [1.165, 1.54) is 0 Å². The predicted octanol–water partition coefficient (Wildman–Crippen LogP) is 3.08. The maximum absolute atomic E-state index is 12.7. The molecule has 5 heteroatoms. The van der Waals surface area contributed by atoms with E-state index in [2.05, 4.69) is 0 Å². The zero-order valence-electron chi connectivity index (χ0n) is 12.5. The minimum absolute atomic E-state index is 0.0679. The second-order valence-corrected chi connectivity index (χ2v) is 5.23. The fourth-order valence-corrected chi connectivity index (χ4v) is 2.69. The third-order valence-corrected chi connectivity index (χ3v) is 3.86. The molecule has 116 valence electrons. The second kappa shape index (κ2) is 5.35. The highest BCUT2D eigenvalue weighted by molar-refractivity contribution is 6.14. The van der Waals surface area contributed by atoms with Gasteiger partial charge < -0.3 is 18.9 Å². The highest BCUT2D eigenvalue weighted by Crippen LogP contribution is 2.38. The Hall–Kier alpha value is -2.95. The summed E-state index contributed by atoms with van der Waals surface area (Å²) in [6.07, 6.45) is 1.79. The molecule has 0 amide bonds. The zero-order chi connectivity index (χ0) is 15.8. The maximum atomic E-state index is 12.7. The molecule has 0 unspecified atom stereocenters. The number of rotatable bonds is 2. The Kier molecular flexibility index (Phi) is 3.19. The fourth-order valence-electron chi connectivity index (χ4n) is 2.69. The van der Waals surface area contributed by atoms with Gasteiger partial charge in [0.25, 0.3) is 0 Å². The second-order valence-electron chi connectivity index (χ2n) is 5.23. The zero-order valence-corrected chi connectivity index (χ0v) is 12.5. The van der Waals surface area contributed by atoms with E-state index in [0.717, 1.165) is 5.56 Å². The van der Waals surface area contributed by atoms with Crippen LogP contribution in [0.5, 0.6) is 23.0 Å². The van der Waals surface area contributed by atoms with Crippen molar-refractivity contribution in [1.29, 1.82) is 0 Å². The summed E-state index contributed by atoms with van der Waals surface area (Å²) in [5.74, 6) is 2.47. The van der Waals surface area contributed by atoms with Gasteiger partial charge in [0.15, 0.2) is 17.3 Å². The van der Waals surface area contributed by atoms with Crippen molar-refractivity contribution < 1.29 is 23.7 Å². The van der Waals surface area contributed by atoms with Gasteiger partial charge in [0.1, 0.15) is 18.1 Å². The highest BCUT2D eigenvalue weighted by Gasteiger charge is 2.25. The normalized spacial score (nSPS) is 16.9. The lowest BCUT2D eigenvalue weighted by atomic mass is 9.98. The Morgan fingerprint density at radius 3 is 2.87 bits per heavy atom. The van der Waals surface area contributed by atoms with Crippen LogP contribution in [0.1, 0.15) is 15.9 Å². The largest absolute Gasteiger partial charge is 0.497 e. The summed E-state index contributed by atoms with van der Waals surface area (Å²) < 4.78 is 21.7. The van der Waals surface area contributed by atoms with Gasteiger partial charge in [0.05, 0.1) is 12.7 Å². The average Bonchev–Trinajstić information content (AvgIpc) is 3.07. The molecule has 0 aromatic heterocycles. The summed E-state index contributed by atoms with van der Waals surface area (Å²) in [4.78, 5) is 12.7. The fraction of sp³-hybridized carbons (Fsp3) is 0.167. The third-order valence-electron chi connectivity index (χ3n) is 3.86.